The molecule has 0 saturated heterocycles. The molecule has 0 aliphatic rings. The number of nitrogens with one attached hydrogen (secondary N) is 1. The van der Waals surface area contributed by atoms with Crippen LogP contribution in [0.25, 0.3) is 0 Å². The highest BCUT2D eigenvalue weighted by Gasteiger charge is 2.10. The van der Waals surface area contributed by atoms with Crippen molar-refractivity contribution in [2.75, 3.05) is 5.32 Å². The Balaban J connectivity index is 2.14. The largest absolute Gasteiger partial charge is 0.378 e. The molecule has 0 bridgehead atoms. The molecule has 0 aliphatic heterocycles. The average molecular weight is 278 g/mol. The summed E-state index contributed by atoms with van der Waals surface area (Å²) >= 11 is 7.03. The summed E-state index contributed by atoms with van der Waals surface area (Å²) in [7, 11) is 0. The van der Waals surface area contributed by atoms with Crippen LogP contribution in [-0.2, 0) is 6.54 Å². The van der Waals surface area contributed by atoms with E-state index < -0.39 is 17.5 Å². The molecule has 1 aromatic carbocycles. The Bertz CT molecular complexity index is 542. The van der Waals surface area contributed by atoms with E-state index in [0.29, 0.717) is 10.4 Å². The van der Waals surface area contributed by atoms with Crippen molar-refractivity contribution in [1.29, 1.82) is 0 Å². The van der Waals surface area contributed by atoms with E-state index in [1.54, 1.807) is 12.1 Å². The standard InChI is InChI=1S/C11H7ClF3NS/c12-10-2-1-7(17-10)5-16-9-4-6(13)3-8(14)11(9)15/h1-4,16H,5H2. The lowest BCUT2D eigenvalue weighted by atomic mass is 10.2. The molecule has 2 rings (SSSR count). The van der Waals surface area contributed by atoms with Crippen LogP contribution >= 0.6 is 22.9 Å². The highest BCUT2D eigenvalue weighted by atomic mass is 35.5. The van der Waals surface area contributed by atoms with Gasteiger partial charge in [0.05, 0.1) is 10.0 Å². The number of hydrogen-bond donors (Lipinski definition) is 1. The van der Waals surface area contributed by atoms with E-state index in [0.717, 1.165) is 10.9 Å². The summed E-state index contributed by atoms with van der Waals surface area (Å²) in [5.41, 5.74) is -0.202. The number of hydrogen-bond acceptors (Lipinski definition) is 2. The van der Waals surface area contributed by atoms with E-state index in [1.807, 2.05) is 0 Å². The maximum absolute atomic E-state index is 13.3. The quantitative estimate of drug-likeness (QED) is 0.819. The molecule has 0 saturated carbocycles. The van der Waals surface area contributed by atoms with Crippen LogP contribution in [0.3, 0.4) is 0 Å². The molecule has 2 aromatic rings. The summed E-state index contributed by atoms with van der Waals surface area (Å²) in [6.07, 6.45) is 0. The first-order chi connectivity index (χ1) is 8.06. The molecule has 1 aromatic heterocycles. The lowest BCUT2D eigenvalue weighted by molar-refractivity contribution is 0.497. The zero-order chi connectivity index (χ0) is 12.4. The summed E-state index contributed by atoms with van der Waals surface area (Å²) in [5.74, 6) is -3.12. The Morgan fingerprint density at radius 2 is 1.94 bits per heavy atom. The highest BCUT2D eigenvalue weighted by molar-refractivity contribution is 7.16. The Hall–Kier alpha value is -1.20. The topological polar surface area (TPSA) is 12.0 Å². The number of benzene rings is 1. The molecule has 0 atom stereocenters. The van der Waals surface area contributed by atoms with E-state index in [9.17, 15) is 13.2 Å². The normalized spacial score (nSPS) is 10.6. The van der Waals surface area contributed by atoms with Gasteiger partial charge >= 0.3 is 0 Å². The smallest absolute Gasteiger partial charge is 0.182 e. The summed E-state index contributed by atoms with van der Waals surface area (Å²) in [4.78, 5) is 0.846. The Morgan fingerprint density at radius 3 is 2.59 bits per heavy atom. The third-order valence-corrected chi connectivity index (χ3v) is 3.31. The van der Waals surface area contributed by atoms with E-state index in [-0.39, 0.29) is 12.2 Å². The fourth-order valence-corrected chi connectivity index (χ4v) is 2.34. The fourth-order valence-electron chi connectivity index (χ4n) is 1.31. The van der Waals surface area contributed by atoms with Gasteiger partial charge in [0.15, 0.2) is 11.6 Å². The van der Waals surface area contributed by atoms with Gasteiger partial charge in [-0.05, 0) is 12.1 Å². The van der Waals surface area contributed by atoms with E-state index in [2.05, 4.69) is 5.32 Å². The first kappa shape index (κ1) is 12.3. The van der Waals surface area contributed by atoms with Crippen LogP contribution < -0.4 is 5.32 Å². The molecule has 1 nitrogen and oxygen atoms in total. The molecule has 90 valence electrons. The van der Waals surface area contributed by atoms with Crippen molar-refractivity contribution in [3.8, 4) is 0 Å². The minimum atomic E-state index is -1.21. The summed E-state index contributed by atoms with van der Waals surface area (Å²) in [6, 6.07) is 4.87. The van der Waals surface area contributed by atoms with Gasteiger partial charge < -0.3 is 5.32 Å². The predicted octanol–water partition coefficient (Wildman–Crippen LogP) is 4.43. The fraction of sp³-hybridized carbons (Fsp3) is 0.0909. The molecule has 1 N–H and O–H groups in total. The van der Waals surface area contributed by atoms with Gasteiger partial charge in [0.25, 0.3) is 0 Å². The summed E-state index contributed by atoms with van der Waals surface area (Å²) < 4.78 is 39.6. The van der Waals surface area contributed by atoms with Gasteiger partial charge in [0.2, 0.25) is 0 Å². The predicted molar refractivity (Wildman–Crippen MR) is 63.0 cm³/mol. The van der Waals surface area contributed by atoms with Gasteiger partial charge in [-0.1, -0.05) is 11.6 Å². The van der Waals surface area contributed by atoms with Gasteiger partial charge in [0, 0.05) is 23.6 Å². The van der Waals surface area contributed by atoms with Gasteiger partial charge in [0.1, 0.15) is 5.82 Å². The van der Waals surface area contributed by atoms with Crippen molar-refractivity contribution in [2.45, 2.75) is 6.54 Å². The van der Waals surface area contributed by atoms with Crippen molar-refractivity contribution in [3.63, 3.8) is 0 Å². The zero-order valence-corrected chi connectivity index (χ0v) is 10.0. The molecule has 0 fully saturated rings. The van der Waals surface area contributed by atoms with Crippen molar-refractivity contribution >= 4 is 28.6 Å². The highest BCUT2D eigenvalue weighted by Crippen LogP contribution is 2.24. The number of anilines is 1. The van der Waals surface area contributed by atoms with Crippen molar-refractivity contribution in [3.05, 3.63) is 50.9 Å². The molecule has 0 unspecified atom stereocenters. The van der Waals surface area contributed by atoms with Crippen LogP contribution in [0.1, 0.15) is 4.88 Å². The molecule has 6 heteroatoms. The van der Waals surface area contributed by atoms with Crippen LogP contribution in [-0.4, -0.2) is 0 Å². The minimum absolute atomic E-state index is 0.202. The zero-order valence-electron chi connectivity index (χ0n) is 8.44. The average Bonchev–Trinajstić information content (AvgIpc) is 2.67. The number of halogens is 4. The van der Waals surface area contributed by atoms with Crippen LogP contribution in [0, 0.1) is 17.5 Å². The molecular formula is C11H7ClF3NS. The summed E-state index contributed by atoms with van der Waals surface area (Å²) in [6.45, 7) is 0.261. The van der Waals surface area contributed by atoms with E-state index in [1.165, 1.54) is 11.3 Å². The van der Waals surface area contributed by atoms with Gasteiger partial charge in [-0.2, -0.15) is 0 Å². The molecule has 0 aliphatic carbocycles. The molecule has 0 spiro atoms. The maximum atomic E-state index is 13.3. The van der Waals surface area contributed by atoms with Crippen LogP contribution in [0.4, 0.5) is 18.9 Å². The molecule has 1 heterocycles. The first-order valence-electron chi connectivity index (χ1n) is 4.69. The first-order valence-corrected chi connectivity index (χ1v) is 5.88. The van der Waals surface area contributed by atoms with Crippen molar-refractivity contribution in [1.82, 2.24) is 0 Å². The van der Waals surface area contributed by atoms with Crippen LogP contribution in [0.15, 0.2) is 24.3 Å². The number of rotatable bonds is 3. The SMILES string of the molecule is Fc1cc(F)c(F)c(NCc2ccc(Cl)s2)c1. The third kappa shape index (κ3) is 2.92. The lowest BCUT2D eigenvalue weighted by Gasteiger charge is -2.06. The van der Waals surface area contributed by atoms with E-state index >= 15 is 0 Å². The Labute approximate surface area is 105 Å². The van der Waals surface area contributed by atoms with Gasteiger partial charge in [-0.25, -0.2) is 13.2 Å². The molecule has 0 radical (unpaired) electrons. The van der Waals surface area contributed by atoms with Gasteiger partial charge in [-0.15, -0.1) is 11.3 Å². The lowest BCUT2D eigenvalue weighted by Crippen LogP contribution is -2.02. The molecular weight excluding hydrogens is 271 g/mol. The third-order valence-electron chi connectivity index (χ3n) is 2.07. The van der Waals surface area contributed by atoms with Gasteiger partial charge in [-0.3, -0.25) is 0 Å². The monoisotopic (exact) mass is 277 g/mol. The van der Waals surface area contributed by atoms with Crippen molar-refractivity contribution < 1.29 is 13.2 Å². The second-order valence-electron chi connectivity index (χ2n) is 3.31. The summed E-state index contributed by atoms with van der Waals surface area (Å²) in [5, 5.41) is 2.62. The number of thiophene rings is 1. The van der Waals surface area contributed by atoms with E-state index in [4.69, 9.17) is 11.6 Å². The Kier molecular flexibility index (Phi) is 3.59. The van der Waals surface area contributed by atoms with Crippen molar-refractivity contribution in [2.24, 2.45) is 0 Å². The minimum Gasteiger partial charge on any atom is -0.378 e. The van der Waals surface area contributed by atoms with Crippen LogP contribution in [0.2, 0.25) is 4.34 Å². The Morgan fingerprint density at radius 1 is 1.18 bits per heavy atom. The second kappa shape index (κ2) is 4.98. The second-order valence-corrected chi connectivity index (χ2v) is 5.11. The molecule has 17 heavy (non-hydrogen) atoms. The van der Waals surface area contributed by atoms with Crippen LogP contribution in [0.5, 0.6) is 0 Å². The molecule has 0 amide bonds. The maximum Gasteiger partial charge on any atom is 0.182 e.